The van der Waals surface area contributed by atoms with Crippen molar-refractivity contribution in [3.63, 3.8) is 0 Å². The first-order chi connectivity index (χ1) is 14.3. The average Bonchev–Trinajstić information content (AvgIpc) is 2.76. The molecule has 0 aromatic heterocycles. The zero-order valence-corrected chi connectivity index (χ0v) is 18.9. The standard InChI is InChI=1S/C28H42O/c1-3-5-7-8-9-10-11-23-12-14-24(15-13-23)25-16-17-27-22-28(29-20-6-4-2)19-18-26(27)21-25/h16-19,21-24H,3-15,20H2,1-2H3. The summed E-state index contributed by atoms with van der Waals surface area (Å²) in [5.74, 6) is 2.76. The van der Waals surface area contributed by atoms with Gasteiger partial charge in [-0.25, -0.2) is 0 Å². The summed E-state index contributed by atoms with van der Waals surface area (Å²) < 4.78 is 5.87. The van der Waals surface area contributed by atoms with Crippen LogP contribution in [0.5, 0.6) is 5.75 Å². The van der Waals surface area contributed by atoms with Gasteiger partial charge in [0.05, 0.1) is 6.61 Å². The van der Waals surface area contributed by atoms with E-state index in [1.807, 2.05) is 0 Å². The first kappa shape index (κ1) is 22.2. The van der Waals surface area contributed by atoms with Crippen LogP contribution in [0.15, 0.2) is 36.4 Å². The zero-order valence-electron chi connectivity index (χ0n) is 18.9. The van der Waals surface area contributed by atoms with E-state index in [9.17, 15) is 0 Å². The zero-order chi connectivity index (χ0) is 20.3. The Balaban J connectivity index is 1.45. The molecule has 0 radical (unpaired) electrons. The minimum Gasteiger partial charge on any atom is -0.494 e. The number of hydrogen-bond acceptors (Lipinski definition) is 1. The van der Waals surface area contributed by atoms with Crippen molar-refractivity contribution >= 4 is 10.8 Å². The SMILES string of the molecule is CCCCCCCCC1CCC(c2ccc3cc(OCCCC)ccc3c2)CC1. The van der Waals surface area contributed by atoms with Gasteiger partial charge >= 0.3 is 0 Å². The number of benzene rings is 2. The van der Waals surface area contributed by atoms with E-state index in [0.717, 1.165) is 30.6 Å². The van der Waals surface area contributed by atoms with Gasteiger partial charge in [0.2, 0.25) is 0 Å². The van der Waals surface area contributed by atoms with E-state index in [0.29, 0.717) is 0 Å². The van der Waals surface area contributed by atoms with Crippen molar-refractivity contribution in [3.05, 3.63) is 42.0 Å². The van der Waals surface area contributed by atoms with Crippen molar-refractivity contribution in [1.29, 1.82) is 0 Å². The summed E-state index contributed by atoms with van der Waals surface area (Å²) in [7, 11) is 0. The summed E-state index contributed by atoms with van der Waals surface area (Å²) in [6.07, 6.45) is 18.0. The van der Waals surface area contributed by atoms with Crippen molar-refractivity contribution < 1.29 is 4.74 Å². The molecule has 0 heterocycles. The molecule has 1 nitrogen and oxygen atoms in total. The molecule has 1 aliphatic rings. The van der Waals surface area contributed by atoms with Gasteiger partial charge in [-0.2, -0.15) is 0 Å². The lowest BCUT2D eigenvalue weighted by Gasteiger charge is -2.29. The van der Waals surface area contributed by atoms with Crippen LogP contribution in [0.4, 0.5) is 0 Å². The average molecular weight is 395 g/mol. The highest BCUT2D eigenvalue weighted by molar-refractivity contribution is 5.84. The lowest BCUT2D eigenvalue weighted by atomic mass is 9.76. The predicted octanol–water partition coefficient (Wildman–Crippen LogP) is 9.04. The Bertz CT molecular complexity index is 711. The number of hydrogen-bond donors (Lipinski definition) is 0. The predicted molar refractivity (Wildman–Crippen MR) is 127 cm³/mol. The Morgan fingerprint density at radius 1 is 0.724 bits per heavy atom. The van der Waals surface area contributed by atoms with Crippen LogP contribution in [0, 0.1) is 5.92 Å². The highest BCUT2D eigenvalue weighted by atomic mass is 16.5. The molecule has 0 amide bonds. The molecule has 0 saturated heterocycles. The van der Waals surface area contributed by atoms with E-state index >= 15 is 0 Å². The van der Waals surface area contributed by atoms with Crippen molar-refractivity contribution in [1.82, 2.24) is 0 Å². The first-order valence-corrected chi connectivity index (χ1v) is 12.5. The molecule has 2 aromatic carbocycles. The van der Waals surface area contributed by atoms with Gasteiger partial charge in [0, 0.05) is 0 Å². The smallest absolute Gasteiger partial charge is 0.119 e. The second-order valence-electron chi connectivity index (χ2n) is 9.24. The fourth-order valence-electron chi connectivity index (χ4n) is 4.92. The van der Waals surface area contributed by atoms with Gasteiger partial charge in [-0.05, 0) is 72.4 Å². The van der Waals surface area contributed by atoms with Gasteiger partial charge in [0.1, 0.15) is 5.75 Å². The normalized spacial score (nSPS) is 19.5. The molecule has 0 spiro atoms. The minimum atomic E-state index is 0.765. The highest BCUT2D eigenvalue weighted by Gasteiger charge is 2.22. The molecule has 1 heteroatoms. The van der Waals surface area contributed by atoms with E-state index in [2.05, 4.69) is 50.2 Å². The maximum Gasteiger partial charge on any atom is 0.119 e. The molecule has 0 unspecified atom stereocenters. The Hall–Kier alpha value is -1.50. The molecule has 3 rings (SSSR count). The Labute approximate surface area is 179 Å². The van der Waals surface area contributed by atoms with Gasteiger partial charge in [-0.3, -0.25) is 0 Å². The third-order valence-corrected chi connectivity index (χ3v) is 6.89. The summed E-state index contributed by atoms with van der Waals surface area (Å²) in [5, 5.41) is 2.67. The van der Waals surface area contributed by atoms with Gasteiger partial charge in [-0.1, -0.05) is 89.5 Å². The molecular formula is C28H42O. The topological polar surface area (TPSA) is 9.23 Å². The molecule has 2 aromatic rings. The Morgan fingerprint density at radius 2 is 1.41 bits per heavy atom. The second-order valence-corrected chi connectivity index (χ2v) is 9.24. The maximum atomic E-state index is 5.87. The van der Waals surface area contributed by atoms with Crippen LogP contribution in [-0.2, 0) is 0 Å². The van der Waals surface area contributed by atoms with Crippen molar-refractivity contribution in [2.45, 2.75) is 103 Å². The number of fused-ring (bicyclic) bond motifs is 1. The molecule has 0 N–H and O–H groups in total. The van der Waals surface area contributed by atoms with E-state index in [-0.39, 0.29) is 0 Å². The summed E-state index contributed by atoms with van der Waals surface area (Å²) in [6.45, 7) is 5.32. The molecule has 0 aliphatic heterocycles. The van der Waals surface area contributed by atoms with Crippen LogP contribution in [-0.4, -0.2) is 6.61 Å². The summed E-state index contributed by atoms with van der Waals surface area (Å²) in [4.78, 5) is 0. The van der Waals surface area contributed by atoms with E-state index in [1.165, 1.54) is 87.8 Å². The molecule has 1 aliphatic carbocycles. The van der Waals surface area contributed by atoms with Crippen LogP contribution >= 0.6 is 0 Å². The molecular weight excluding hydrogens is 352 g/mol. The second kappa shape index (κ2) is 12.3. The third kappa shape index (κ3) is 7.05. The fourth-order valence-corrected chi connectivity index (χ4v) is 4.92. The maximum absolute atomic E-state index is 5.87. The summed E-state index contributed by atoms with van der Waals surface area (Å²) in [6, 6.07) is 13.7. The van der Waals surface area contributed by atoms with Gasteiger partial charge in [0.25, 0.3) is 0 Å². The van der Waals surface area contributed by atoms with Crippen molar-refractivity contribution in [2.24, 2.45) is 5.92 Å². The summed E-state index contributed by atoms with van der Waals surface area (Å²) >= 11 is 0. The van der Waals surface area contributed by atoms with Crippen LogP contribution in [0.3, 0.4) is 0 Å². The Kier molecular flexibility index (Phi) is 9.38. The van der Waals surface area contributed by atoms with Crippen LogP contribution < -0.4 is 4.74 Å². The van der Waals surface area contributed by atoms with Gasteiger partial charge in [-0.15, -0.1) is 0 Å². The first-order valence-electron chi connectivity index (χ1n) is 12.5. The van der Waals surface area contributed by atoms with Crippen LogP contribution in [0.2, 0.25) is 0 Å². The molecule has 1 saturated carbocycles. The Morgan fingerprint density at radius 3 is 2.21 bits per heavy atom. The largest absolute Gasteiger partial charge is 0.494 e. The fraction of sp³-hybridized carbons (Fsp3) is 0.643. The number of rotatable bonds is 12. The van der Waals surface area contributed by atoms with E-state index < -0.39 is 0 Å². The van der Waals surface area contributed by atoms with E-state index in [1.54, 1.807) is 5.56 Å². The molecule has 0 atom stereocenters. The molecule has 1 fully saturated rings. The lowest BCUT2D eigenvalue weighted by Crippen LogP contribution is -2.13. The van der Waals surface area contributed by atoms with Crippen LogP contribution in [0.1, 0.15) is 109 Å². The summed E-state index contributed by atoms with van der Waals surface area (Å²) in [5.41, 5.74) is 1.55. The van der Waals surface area contributed by atoms with E-state index in [4.69, 9.17) is 4.74 Å². The monoisotopic (exact) mass is 394 g/mol. The number of unbranched alkanes of at least 4 members (excludes halogenated alkanes) is 6. The minimum absolute atomic E-state index is 0.765. The third-order valence-electron chi connectivity index (χ3n) is 6.89. The van der Waals surface area contributed by atoms with Gasteiger partial charge in [0.15, 0.2) is 0 Å². The highest BCUT2D eigenvalue weighted by Crippen LogP contribution is 2.38. The molecule has 160 valence electrons. The van der Waals surface area contributed by atoms with Crippen molar-refractivity contribution in [3.8, 4) is 5.75 Å². The van der Waals surface area contributed by atoms with Crippen LogP contribution in [0.25, 0.3) is 10.8 Å². The van der Waals surface area contributed by atoms with Gasteiger partial charge < -0.3 is 4.74 Å². The lowest BCUT2D eigenvalue weighted by molar-refractivity contribution is 0.302. The number of ether oxygens (including phenoxy) is 1. The van der Waals surface area contributed by atoms with Crippen molar-refractivity contribution in [2.75, 3.05) is 6.61 Å². The quantitative estimate of drug-likeness (QED) is 0.326. The molecule has 29 heavy (non-hydrogen) atoms. The molecule has 0 bridgehead atoms.